The number of hydrogen-bond donors (Lipinski definition) is 0. The molecule has 0 heterocycles. The molecule has 0 N–H and O–H groups in total. The molecule has 0 amide bonds. The van der Waals surface area contributed by atoms with Gasteiger partial charge in [0.15, 0.2) is 29.0 Å². The molecule has 1 aliphatic rings. The Hall–Kier alpha value is -2.89. The SMILES string of the molecule is CCC[C@H]1CC[C@H](c2ccc(-c3cc(C)c(F)c(F)c3Oc3cc(F)c(F)c(F)c3)cc2)CC1. The Morgan fingerprint density at radius 2 is 1.41 bits per heavy atom. The maximum atomic E-state index is 14.9. The first kappa shape index (κ1) is 24.2. The zero-order valence-corrected chi connectivity index (χ0v) is 19.2. The molecule has 3 aromatic carbocycles. The van der Waals surface area contributed by atoms with Crippen molar-refractivity contribution in [3.63, 3.8) is 0 Å². The maximum absolute atomic E-state index is 14.9. The molecule has 0 saturated heterocycles. The van der Waals surface area contributed by atoms with Crippen LogP contribution in [0.15, 0.2) is 42.5 Å². The first-order valence-electron chi connectivity index (χ1n) is 11.7. The predicted molar refractivity (Wildman–Crippen MR) is 123 cm³/mol. The third-order valence-corrected chi connectivity index (χ3v) is 6.76. The molecule has 3 aromatic rings. The summed E-state index contributed by atoms with van der Waals surface area (Å²) in [4.78, 5) is 0. The van der Waals surface area contributed by atoms with Crippen molar-refractivity contribution in [2.45, 2.75) is 58.3 Å². The van der Waals surface area contributed by atoms with E-state index in [2.05, 4.69) is 6.92 Å². The molecule has 4 rings (SSSR count). The average Bonchev–Trinajstić information content (AvgIpc) is 2.83. The lowest BCUT2D eigenvalue weighted by Gasteiger charge is -2.28. The van der Waals surface area contributed by atoms with Crippen LogP contribution >= 0.6 is 0 Å². The number of halogens is 5. The van der Waals surface area contributed by atoms with Crippen LogP contribution in [0.2, 0.25) is 0 Å². The summed E-state index contributed by atoms with van der Waals surface area (Å²) >= 11 is 0. The van der Waals surface area contributed by atoms with E-state index < -0.39 is 40.6 Å². The summed E-state index contributed by atoms with van der Waals surface area (Å²) in [6.45, 7) is 3.64. The highest BCUT2D eigenvalue weighted by Gasteiger charge is 2.24. The van der Waals surface area contributed by atoms with Crippen LogP contribution in [0, 0.1) is 41.9 Å². The summed E-state index contributed by atoms with van der Waals surface area (Å²) in [5.41, 5.74) is 2.07. The van der Waals surface area contributed by atoms with E-state index >= 15 is 0 Å². The molecule has 0 radical (unpaired) electrons. The van der Waals surface area contributed by atoms with Crippen LogP contribution in [-0.2, 0) is 0 Å². The van der Waals surface area contributed by atoms with Crippen molar-refractivity contribution in [2.24, 2.45) is 5.92 Å². The van der Waals surface area contributed by atoms with E-state index in [-0.39, 0.29) is 11.1 Å². The Morgan fingerprint density at radius 3 is 2.00 bits per heavy atom. The van der Waals surface area contributed by atoms with Gasteiger partial charge in [-0.15, -0.1) is 0 Å². The van der Waals surface area contributed by atoms with Gasteiger partial charge < -0.3 is 4.74 Å². The molecule has 0 unspecified atom stereocenters. The van der Waals surface area contributed by atoms with Crippen LogP contribution in [0.4, 0.5) is 22.0 Å². The summed E-state index contributed by atoms with van der Waals surface area (Å²) in [5.74, 6) is -6.75. The number of aryl methyl sites for hydroxylation is 1. The van der Waals surface area contributed by atoms with E-state index in [0.29, 0.717) is 23.6 Å². The van der Waals surface area contributed by atoms with Gasteiger partial charge in [-0.3, -0.25) is 0 Å². The van der Waals surface area contributed by atoms with Gasteiger partial charge in [0.05, 0.1) is 0 Å². The van der Waals surface area contributed by atoms with E-state index in [9.17, 15) is 22.0 Å². The molecular weight excluding hydrogens is 447 g/mol. The summed E-state index contributed by atoms with van der Waals surface area (Å²) in [5, 5.41) is 0. The molecule has 0 aromatic heterocycles. The van der Waals surface area contributed by atoms with Crippen molar-refractivity contribution in [1.29, 1.82) is 0 Å². The van der Waals surface area contributed by atoms with Crippen LogP contribution in [0.25, 0.3) is 11.1 Å². The molecule has 0 atom stereocenters. The summed E-state index contributed by atoms with van der Waals surface area (Å²) in [6, 6.07) is 10.2. The van der Waals surface area contributed by atoms with Gasteiger partial charge in [0, 0.05) is 17.7 Å². The molecule has 1 nitrogen and oxygen atoms in total. The van der Waals surface area contributed by atoms with E-state index in [1.165, 1.54) is 44.2 Å². The number of ether oxygens (including phenoxy) is 1. The minimum absolute atomic E-state index is 0.0645. The van der Waals surface area contributed by atoms with Crippen LogP contribution < -0.4 is 4.74 Å². The fraction of sp³-hybridized carbons (Fsp3) is 0.357. The second kappa shape index (κ2) is 10.2. The first-order chi connectivity index (χ1) is 16.3. The second-order valence-electron chi connectivity index (χ2n) is 9.13. The highest BCUT2D eigenvalue weighted by Crippen LogP contribution is 2.41. The fourth-order valence-electron chi connectivity index (χ4n) is 4.89. The first-order valence-corrected chi connectivity index (χ1v) is 11.7. The largest absolute Gasteiger partial charge is 0.453 e. The second-order valence-corrected chi connectivity index (χ2v) is 9.13. The average molecular weight is 475 g/mol. The molecule has 1 fully saturated rings. The third kappa shape index (κ3) is 4.96. The highest BCUT2D eigenvalue weighted by atomic mass is 19.2. The fourth-order valence-corrected chi connectivity index (χ4v) is 4.89. The smallest absolute Gasteiger partial charge is 0.202 e. The van der Waals surface area contributed by atoms with Gasteiger partial charge in [0.25, 0.3) is 0 Å². The van der Waals surface area contributed by atoms with Gasteiger partial charge >= 0.3 is 0 Å². The van der Waals surface area contributed by atoms with Crippen molar-refractivity contribution in [3.05, 3.63) is 82.7 Å². The topological polar surface area (TPSA) is 9.23 Å². The lowest BCUT2D eigenvalue weighted by molar-refractivity contribution is 0.308. The van der Waals surface area contributed by atoms with Gasteiger partial charge in [-0.05, 0) is 67.2 Å². The summed E-state index contributed by atoms with van der Waals surface area (Å²) < 4.78 is 75.2. The van der Waals surface area contributed by atoms with Crippen molar-refractivity contribution in [3.8, 4) is 22.6 Å². The molecule has 0 aliphatic heterocycles. The van der Waals surface area contributed by atoms with E-state index in [4.69, 9.17) is 4.74 Å². The third-order valence-electron chi connectivity index (χ3n) is 6.76. The van der Waals surface area contributed by atoms with Gasteiger partial charge in [0.1, 0.15) is 5.75 Å². The highest BCUT2D eigenvalue weighted by molar-refractivity contribution is 5.72. The lowest BCUT2D eigenvalue weighted by atomic mass is 9.77. The Kier molecular flexibility index (Phi) is 7.24. The predicted octanol–water partition coefficient (Wildman–Crippen LogP) is 9.22. The molecular formula is C28H27F5O. The van der Waals surface area contributed by atoms with Crippen LogP contribution in [0.5, 0.6) is 11.5 Å². The minimum Gasteiger partial charge on any atom is -0.453 e. The zero-order chi connectivity index (χ0) is 24.4. The Balaban J connectivity index is 1.64. The molecule has 1 saturated carbocycles. The monoisotopic (exact) mass is 474 g/mol. The van der Waals surface area contributed by atoms with E-state index in [1.807, 2.05) is 24.3 Å². The summed E-state index contributed by atoms with van der Waals surface area (Å²) in [6.07, 6.45) is 7.16. The van der Waals surface area contributed by atoms with Crippen LogP contribution in [0.1, 0.15) is 62.5 Å². The number of benzene rings is 3. The van der Waals surface area contributed by atoms with Gasteiger partial charge in [-0.2, -0.15) is 4.39 Å². The Morgan fingerprint density at radius 1 is 0.794 bits per heavy atom. The van der Waals surface area contributed by atoms with Crippen LogP contribution in [-0.4, -0.2) is 0 Å². The molecule has 0 bridgehead atoms. The van der Waals surface area contributed by atoms with Crippen molar-refractivity contribution in [2.75, 3.05) is 0 Å². The number of rotatable bonds is 6. The lowest BCUT2D eigenvalue weighted by Crippen LogP contribution is -2.13. The van der Waals surface area contributed by atoms with Crippen molar-refractivity contribution >= 4 is 0 Å². The molecule has 34 heavy (non-hydrogen) atoms. The summed E-state index contributed by atoms with van der Waals surface area (Å²) in [7, 11) is 0. The Labute approximate surface area is 196 Å². The molecule has 180 valence electrons. The molecule has 6 heteroatoms. The van der Waals surface area contributed by atoms with Gasteiger partial charge in [-0.1, -0.05) is 44.0 Å². The van der Waals surface area contributed by atoms with Gasteiger partial charge in [-0.25, -0.2) is 17.6 Å². The standard InChI is InChI=1S/C28H27F5O/c1-3-4-17-5-7-18(8-6-17)19-9-11-20(12-10-19)22-13-16(2)25(31)27(33)28(22)34-21-14-23(29)26(32)24(30)15-21/h9-15,17-18H,3-8H2,1-2H3/t17-,18-. The van der Waals surface area contributed by atoms with Crippen molar-refractivity contribution in [1.82, 2.24) is 0 Å². The maximum Gasteiger partial charge on any atom is 0.202 e. The molecule has 1 aliphatic carbocycles. The van der Waals surface area contributed by atoms with Crippen LogP contribution in [0.3, 0.4) is 0 Å². The molecule has 0 spiro atoms. The van der Waals surface area contributed by atoms with Gasteiger partial charge in [0.2, 0.25) is 5.82 Å². The van der Waals surface area contributed by atoms with E-state index in [1.54, 1.807) is 0 Å². The quantitative estimate of drug-likeness (QED) is 0.256. The zero-order valence-electron chi connectivity index (χ0n) is 19.2. The van der Waals surface area contributed by atoms with Crippen molar-refractivity contribution < 1.29 is 26.7 Å². The normalized spacial score (nSPS) is 18.2. The van der Waals surface area contributed by atoms with E-state index in [0.717, 1.165) is 18.8 Å². The Bertz CT molecular complexity index is 1140. The number of hydrogen-bond acceptors (Lipinski definition) is 1. The minimum atomic E-state index is -1.66.